The molecule has 0 aliphatic heterocycles. The van der Waals surface area contributed by atoms with Crippen LogP contribution in [0.5, 0.6) is 5.75 Å². The van der Waals surface area contributed by atoms with Gasteiger partial charge in [0.05, 0.1) is 12.2 Å². The lowest BCUT2D eigenvalue weighted by atomic mass is 10.0. The highest BCUT2D eigenvalue weighted by Gasteiger charge is 2.14. The zero-order valence-corrected chi connectivity index (χ0v) is 11.9. The van der Waals surface area contributed by atoms with Gasteiger partial charge in [-0.15, -0.1) is 0 Å². The van der Waals surface area contributed by atoms with E-state index in [1.165, 1.54) is 12.2 Å². The predicted molar refractivity (Wildman–Crippen MR) is 77.8 cm³/mol. The van der Waals surface area contributed by atoms with Crippen LogP contribution in [0.4, 0.5) is 8.78 Å². The number of halogens is 2. The highest BCUT2D eigenvalue weighted by atomic mass is 19.1. The molecule has 0 saturated heterocycles. The molecule has 0 saturated carbocycles. The Morgan fingerprint density at radius 1 is 1.23 bits per heavy atom. The maximum atomic E-state index is 13.2. The van der Waals surface area contributed by atoms with Gasteiger partial charge in [0.2, 0.25) is 0 Å². The number of rotatable bonds is 2. The van der Waals surface area contributed by atoms with Crippen molar-refractivity contribution in [2.24, 2.45) is 0 Å². The predicted octanol–water partition coefficient (Wildman–Crippen LogP) is 3.78. The first kappa shape index (κ1) is 15.9. The van der Waals surface area contributed by atoms with Crippen LogP contribution in [0.3, 0.4) is 0 Å². The maximum absolute atomic E-state index is 13.2. The summed E-state index contributed by atoms with van der Waals surface area (Å²) in [6.45, 7) is 3.86. The van der Waals surface area contributed by atoms with Gasteiger partial charge in [-0.05, 0) is 30.6 Å². The molecule has 1 atom stereocenters. The minimum atomic E-state index is -0.743. The lowest BCUT2D eigenvalue weighted by Gasteiger charge is -2.13. The number of hydrogen-bond acceptors (Lipinski definition) is 3. The number of nitrogens with zero attached hydrogens (tertiary/aromatic N) is 1. The molecular formula is C17H15F2NO2. The summed E-state index contributed by atoms with van der Waals surface area (Å²) in [5, 5.41) is 18.8. The molecule has 0 amide bonds. The number of benzene rings is 1. The summed E-state index contributed by atoms with van der Waals surface area (Å²) in [6.07, 6.45) is 3.55. The molecule has 3 nitrogen and oxygen atoms in total. The van der Waals surface area contributed by atoms with Gasteiger partial charge in [0.15, 0.2) is 0 Å². The topological polar surface area (TPSA) is 53.2 Å². The molecule has 5 heteroatoms. The quantitative estimate of drug-likeness (QED) is 0.904. The highest BCUT2D eigenvalue weighted by Crippen LogP contribution is 2.25. The molecule has 1 N–H and O–H groups in total. The summed E-state index contributed by atoms with van der Waals surface area (Å²) in [4.78, 5) is 0. The van der Waals surface area contributed by atoms with Crippen molar-refractivity contribution in [3.63, 3.8) is 0 Å². The molecule has 0 radical (unpaired) electrons. The maximum Gasteiger partial charge on any atom is 0.133 e. The normalized spacial score (nSPS) is 23.9. The van der Waals surface area contributed by atoms with E-state index < -0.39 is 17.7 Å². The van der Waals surface area contributed by atoms with Crippen LogP contribution in [0.2, 0.25) is 0 Å². The van der Waals surface area contributed by atoms with Crippen LogP contribution in [0, 0.1) is 23.0 Å². The fourth-order valence-electron chi connectivity index (χ4n) is 2.09. The first-order valence-corrected chi connectivity index (χ1v) is 6.79. The van der Waals surface area contributed by atoms with Gasteiger partial charge >= 0.3 is 0 Å². The smallest absolute Gasteiger partial charge is 0.133 e. The summed E-state index contributed by atoms with van der Waals surface area (Å²) in [5.74, 6) is -1.16. The molecule has 1 aromatic rings. The first-order valence-electron chi connectivity index (χ1n) is 6.79. The van der Waals surface area contributed by atoms with Crippen LogP contribution in [-0.4, -0.2) is 11.2 Å². The molecule has 1 aliphatic carbocycles. The second kappa shape index (κ2) is 7.01. The summed E-state index contributed by atoms with van der Waals surface area (Å²) in [6, 6.07) is 4.88. The van der Waals surface area contributed by atoms with Crippen LogP contribution in [0.25, 0.3) is 0 Å². The van der Waals surface area contributed by atoms with Gasteiger partial charge < -0.3 is 9.84 Å². The molecule has 0 fully saturated rings. The van der Waals surface area contributed by atoms with E-state index in [0.717, 1.165) is 18.2 Å². The average molecular weight is 303 g/mol. The van der Waals surface area contributed by atoms with E-state index >= 15 is 0 Å². The van der Waals surface area contributed by atoms with Gasteiger partial charge in [-0.1, -0.05) is 6.58 Å². The van der Waals surface area contributed by atoms with Crippen LogP contribution < -0.4 is 4.74 Å². The van der Waals surface area contributed by atoms with Gasteiger partial charge in [-0.2, -0.15) is 5.26 Å². The van der Waals surface area contributed by atoms with Gasteiger partial charge in [0, 0.05) is 30.2 Å². The average Bonchev–Trinajstić information content (AvgIpc) is 2.51. The van der Waals surface area contributed by atoms with Crippen molar-refractivity contribution in [1.29, 1.82) is 5.26 Å². The van der Waals surface area contributed by atoms with E-state index in [1.807, 2.05) is 6.07 Å². The summed E-state index contributed by atoms with van der Waals surface area (Å²) in [5.41, 5.74) is 0.980. The summed E-state index contributed by atoms with van der Waals surface area (Å²) < 4.78 is 31.9. The molecule has 22 heavy (non-hydrogen) atoms. The Morgan fingerprint density at radius 3 is 2.55 bits per heavy atom. The Kier molecular flexibility index (Phi) is 5.08. The molecule has 0 unspecified atom stereocenters. The molecule has 1 aromatic carbocycles. The van der Waals surface area contributed by atoms with Crippen molar-refractivity contribution in [1.82, 2.24) is 0 Å². The van der Waals surface area contributed by atoms with Crippen molar-refractivity contribution in [2.45, 2.75) is 25.4 Å². The van der Waals surface area contributed by atoms with E-state index in [4.69, 9.17) is 10.00 Å². The molecule has 0 spiro atoms. The van der Waals surface area contributed by atoms with Gasteiger partial charge in [-0.25, -0.2) is 8.78 Å². The monoisotopic (exact) mass is 303 g/mol. The van der Waals surface area contributed by atoms with E-state index in [9.17, 15) is 13.9 Å². The van der Waals surface area contributed by atoms with E-state index in [2.05, 4.69) is 6.58 Å². The van der Waals surface area contributed by atoms with Crippen LogP contribution in [-0.2, 0) is 0 Å². The van der Waals surface area contributed by atoms with Crippen molar-refractivity contribution in [3.05, 3.63) is 65.5 Å². The third kappa shape index (κ3) is 4.27. The van der Waals surface area contributed by atoms with Crippen molar-refractivity contribution >= 4 is 0 Å². The fraction of sp³-hybridized carbons (Fsp3) is 0.235. The Balaban J connectivity index is 2.30. The van der Waals surface area contributed by atoms with Gasteiger partial charge in [0.1, 0.15) is 23.1 Å². The summed E-state index contributed by atoms with van der Waals surface area (Å²) >= 11 is 0. The van der Waals surface area contributed by atoms with Crippen molar-refractivity contribution in [3.8, 4) is 11.8 Å². The molecule has 0 heterocycles. The Labute approximate surface area is 127 Å². The zero-order chi connectivity index (χ0) is 16.1. The Bertz CT molecular complexity index is 666. The second-order valence-electron chi connectivity index (χ2n) is 5.04. The lowest BCUT2D eigenvalue weighted by molar-refractivity contribution is 0.166. The largest absolute Gasteiger partial charge is 0.457 e. The van der Waals surface area contributed by atoms with Gasteiger partial charge in [0.25, 0.3) is 0 Å². The van der Waals surface area contributed by atoms with Crippen LogP contribution in [0.1, 0.15) is 19.3 Å². The van der Waals surface area contributed by atoms with E-state index in [0.29, 0.717) is 29.7 Å². The van der Waals surface area contributed by atoms with Crippen LogP contribution >= 0.6 is 0 Å². The minimum Gasteiger partial charge on any atom is -0.457 e. The molecule has 114 valence electrons. The summed E-state index contributed by atoms with van der Waals surface area (Å²) in [7, 11) is 0. The molecule has 0 bridgehead atoms. The lowest BCUT2D eigenvalue weighted by Crippen LogP contribution is -2.07. The van der Waals surface area contributed by atoms with Crippen molar-refractivity contribution < 1.29 is 18.6 Å². The Morgan fingerprint density at radius 2 is 1.91 bits per heavy atom. The van der Waals surface area contributed by atoms with Crippen molar-refractivity contribution in [2.75, 3.05) is 0 Å². The van der Waals surface area contributed by atoms with E-state index in [-0.39, 0.29) is 12.2 Å². The number of nitriles is 1. The number of aliphatic hydroxyl groups is 1. The number of hydrogen-bond donors (Lipinski definition) is 1. The highest BCUT2D eigenvalue weighted by molar-refractivity contribution is 5.37. The van der Waals surface area contributed by atoms with Gasteiger partial charge in [-0.3, -0.25) is 0 Å². The van der Waals surface area contributed by atoms with E-state index in [1.54, 1.807) is 0 Å². The second-order valence-corrected chi connectivity index (χ2v) is 5.04. The molecule has 0 aromatic heterocycles. The Hall–Kier alpha value is -2.45. The number of aliphatic hydroxyl groups excluding tert-OH is 1. The fourth-order valence-corrected chi connectivity index (χ4v) is 2.09. The molecule has 1 aliphatic rings. The first-order chi connectivity index (χ1) is 10.5. The molecule has 2 rings (SSSR count). The SMILES string of the molecule is C=C1CC[C@@H](O)C/C(C#N)=C\C=C/1Oc1cc(F)cc(F)c1. The number of ether oxygens (including phenoxy) is 1. The standard InChI is InChI=1S/C17H15F2NO2/c1-11-2-4-15(21)6-12(10-20)3-5-17(11)22-16-8-13(18)7-14(19)9-16/h3,5,7-9,15,21H,1-2,4,6H2/b12-3+,17-5+/t15-/m1/s1. The zero-order valence-electron chi connectivity index (χ0n) is 11.9. The third-order valence-corrected chi connectivity index (χ3v) is 3.23. The van der Waals surface area contributed by atoms with Crippen LogP contribution in [0.15, 0.2) is 53.8 Å². The minimum absolute atomic E-state index is 0.0107. The number of allylic oxidation sites excluding steroid dienone is 3. The third-order valence-electron chi connectivity index (χ3n) is 3.23. The molecular weight excluding hydrogens is 288 g/mol.